The number of aromatic nitrogens is 3. The summed E-state index contributed by atoms with van der Waals surface area (Å²) < 4.78 is 27.1. The zero-order chi connectivity index (χ0) is 23.1. The zero-order valence-corrected chi connectivity index (χ0v) is 18.1. The summed E-state index contributed by atoms with van der Waals surface area (Å²) in [5.41, 5.74) is 1.57. The molecule has 3 aromatic rings. The van der Waals surface area contributed by atoms with Crippen molar-refractivity contribution in [2.75, 3.05) is 36.4 Å². The molecule has 1 aromatic carbocycles. The minimum Gasteiger partial charge on any atom is -0.380 e. The quantitative estimate of drug-likeness (QED) is 0.481. The molecule has 0 atom stereocenters. The van der Waals surface area contributed by atoms with Crippen LogP contribution in [0.25, 0.3) is 22.3 Å². The van der Waals surface area contributed by atoms with Gasteiger partial charge in [-0.25, -0.2) is 18.7 Å². The number of rotatable bonds is 4. The van der Waals surface area contributed by atoms with Gasteiger partial charge in [-0.2, -0.15) is 0 Å². The van der Waals surface area contributed by atoms with Crippen molar-refractivity contribution in [1.29, 1.82) is 0 Å². The number of carbonyl (C=O) groups excluding carboxylic acids is 1. The summed E-state index contributed by atoms with van der Waals surface area (Å²) in [6.07, 6.45) is 1.83. The molecule has 2 aromatic heterocycles. The molecule has 0 bridgehead atoms. The number of halogens is 2. The Morgan fingerprint density at radius 1 is 1.06 bits per heavy atom. The molecule has 4 N–H and O–H groups in total. The van der Waals surface area contributed by atoms with Crippen LogP contribution in [0.5, 0.6) is 0 Å². The molecule has 0 spiro atoms. The highest BCUT2D eigenvalue weighted by Gasteiger charge is 2.37. The highest BCUT2D eigenvalue weighted by atomic mass is 19.3. The highest BCUT2D eigenvalue weighted by Crippen LogP contribution is 2.34. The number of benzene rings is 1. The molecule has 10 heteroatoms. The monoisotopic (exact) mass is 456 g/mol. The number of aromatic amines is 1. The third-order valence-corrected chi connectivity index (χ3v) is 6.51. The minimum absolute atomic E-state index is 0.186. The van der Waals surface area contributed by atoms with Crippen molar-refractivity contribution in [3.05, 3.63) is 36.7 Å². The molecule has 5 rings (SSSR count). The standard InChI is InChI=1S/C23H26F2N6O2/c24-23(25)7-11-31(12-8-23)20-17-13-18(30-19(17)27-14-28-20)15-1-3-16(4-2-15)29-21(32)22(33)5-9-26-10-6-22/h1-4,13-14,26,33H,5-12H2,(H,29,32)(H,27,28,30). The second kappa shape index (κ2) is 8.35. The van der Waals surface area contributed by atoms with Crippen molar-refractivity contribution in [1.82, 2.24) is 20.3 Å². The fourth-order valence-corrected chi connectivity index (χ4v) is 4.43. The summed E-state index contributed by atoms with van der Waals surface area (Å²) in [5, 5.41) is 17.3. The van der Waals surface area contributed by atoms with Gasteiger partial charge < -0.3 is 25.6 Å². The van der Waals surface area contributed by atoms with E-state index >= 15 is 0 Å². The first kappa shape index (κ1) is 21.7. The number of amides is 1. The van der Waals surface area contributed by atoms with Crippen molar-refractivity contribution >= 4 is 28.4 Å². The number of piperidine rings is 2. The van der Waals surface area contributed by atoms with Crippen LogP contribution in [0.2, 0.25) is 0 Å². The molecule has 2 aliphatic heterocycles. The Bertz CT molecular complexity index is 1150. The maximum absolute atomic E-state index is 13.6. The van der Waals surface area contributed by atoms with E-state index in [0.29, 0.717) is 43.1 Å². The number of fused-ring (bicyclic) bond motifs is 1. The van der Waals surface area contributed by atoms with Gasteiger partial charge in [0.2, 0.25) is 0 Å². The predicted molar refractivity (Wildman–Crippen MR) is 121 cm³/mol. The molecule has 174 valence electrons. The molecule has 4 heterocycles. The van der Waals surface area contributed by atoms with Gasteiger partial charge in [-0.15, -0.1) is 0 Å². The van der Waals surface area contributed by atoms with Gasteiger partial charge in [0.05, 0.1) is 5.39 Å². The van der Waals surface area contributed by atoms with Gasteiger partial charge in [-0.05, 0) is 49.7 Å². The van der Waals surface area contributed by atoms with Crippen molar-refractivity contribution in [2.45, 2.75) is 37.2 Å². The molecule has 0 unspecified atom stereocenters. The predicted octanol–water partition coefficient (Wildman–Crippen LogP) is 2.91. The Hall–Kier alpha value is -3.11. The summed E-state index contributed by atoms with van der Waals surface area (Å²) in [4.78, 5) is 26.3. The lowest BCUT2D eigenvalue weighted by molar-refractivity contribution is -0.136. The Morgan fingerprint density at radius 2 is 1.76 bits per heavy atom. The summed E-state index contributed by atoms with van der Waals surface area (Å²) in [5.74, 6) is -2.36. The maximum atomic E-state index is 13.6. The zero-order valence-electron chi connectivity index (χ0n) is 18.1. The van der Waals surface area contributed by atoms with Crippen LogP contribution in [0.3, 0.4) is 0 Å². The maximum Gasteiger partial charge on any atom is 0.256 e. The SMILES string of the molecule is O=C(Nc1ccc(-c2cc3c(N4CCC(F)(F)CC4)ncnc3[nH]2)cc1)C1(O)CCNCC1. The average Bonchev–Trinajstić information content (AvgIpc) is 3.25. The number of hydrogen-bond acceptors (Lipinski definition) is 6. The number of H-pyrrole nitrogens is 1. The Kier molecular flexibility index (Phi) is 5.49. The van der Waals surface area contributed by atoms with Crippen LogP contribution in [0.4, 0.5) is 20.3 Å². The number of nitrogens with zero attached hydrogens (tertiary/aromatic N) is 3. The molecule has 0 aliphatic carbocycles. The van der Waals surface area contributed by atoms with Crippen LogP contribution < -0.4 is 15.5 Å². The number of alkyl halides is 2. The van der Waals surface area contributed by atoms with Crippen LogP contribution in [0, 0.1) is 0 Å². The Balaban J connectivity index is 1.34. The fourth-order valence-electron chi connectivity index (χ4n) is 4.43. The van der Waals surface area contributed by atoms with Crippen LogP contribution in [-0.4, -0.2) is 63.7 Å². The summed E-state index contributed by atoms with van der Waals surface area (Å²) in [6, 6.07) is 9.20. The second-order valence-electron chi connectivity index (χ2n) is 8.80. The molecular formula is C23H26F2N6O2. The molecule has 33 heavy (non-hydrogen) atoms. The van der Waals surface area contributed by atoms with E-state index in [9.17, 15) is 18.7 Å². The topological polar surface area (TPSA) is 106 Å². The smallest absolute Gasteiger partial charge is 0.256 e. The largest absolute Gasteiger partial charge is 0.380 e. The summed E-state index contributed by atoms with van der Waals surface area (Å²) >= 11 is 0. The van der Waals surface area contributed by atoms with Gasteiger partial charge in [0, 0.05) is 37.3 Å². The van der Waals surface area contributed by atoms with Crippen LogP contribution in [0.1, 0.15) is 25.7 Å². The Morgan fingerprint density at radius 3 is 2.45 bits per heavy atom. The lowest BCUT2D eigenvalue weighted by Crippen LogP contribution is -2.50. The number of carbonyl (C=O) groups is 1. The van der Waals surface area contributed by atoms with Gasteiger partial charge in [0.1, 0.15) is 23.4 Å². The molecule has 2 saturated heterocycles. The van der Waals surface area contributed by atoms with E-state index in [1.54, 1.807) is 12.1 Å². The first-order valence-electron chi connectivity index (χ1n) is 11.1. The van der Waals surface area contributed by atoms with Crippen LogP contribution >= 0.6 is 0 Å². The first-order chi connectivity index (χ1) is 15.8. The van der Waals surface area contributed by atoms with E-state index in [-0.39, 0.29) is 25.9 Å². The molecule has 8 nitrogen and oxygen atoms in total. The van der Waals surface area contributed by atoms with Crippen LogP contribution in [0.15, 0.2) is 36.7 Å². The van der Waals surface area contributed by atoms with Crippen molar-refractivity contribution in [3.63, 3.8) is 0 Å². The second-order valence-corrected chi connectivity index (χ2v) is 8.80. The van der Waals surface area contributed by atoms with Gasteiger partial charge in [-0.3, -0.25) is 4.79 Å². The summed E-state index contributed by atoms with van der Waals surface area (Å²) in [7, 11) is 0. The normalized spacial score (nSPS) is 20.0. The highest BCUT2D eigenvalue weighted by molar-refractivity contribution is 5.97. The molecular weight excluding hydrogens is 430 g/mol. The van der Waals surface area contributed by atoms with Gasteiger partial charge in [0.25, 0.3) is 11.8 Å². The number of aliphatic hydroxyl groups is 1. The van der Waals surface area contributed by atoms with Crippen LogP contribution in [-0.2, 0) is 4.79 Å². The lowest BCUT2D eigenvalue weighted by Gasteiger charge is -2.32. The van der Waals surface area contributed by atoms with E-state index in [1.165, 1.54) is 6.33 Å². The summed E-state index contributed by atoms with van der Waals surface area (Å²) in [6.45, 7) is 1.70. The molecule has 1 amide bonds. The third kappa shape index (κ3) is 4.40. The van der Waals surface area contributed by atoms with E-state index in [2.05, 4.69) is 25.6 Å². The number of hydrogen-bond donors (Lipinski definition) is 4. The van der Waals surface area contributed by atoms with Crippen molar-refractivity contribution < 1.29 is 18.7 Å². The number of nitrogens with one attached hydrogen (secondary N) is 3. The van der Waals surface area contributed by atoms with Gasteiger partial charge in [0.15, 0.2) is 0 Å². The first-order valence-corrected chi connectivity index (χ1v) is 11.1. The molecule has 0 saturated carbocycles. The lowest BCUT2D eigenvalue weighted by atomic mass is 9.91. The van der Waals surface area contributed by atoms with Crippen molar-refractivity contribution in [3.8, 4) is 11.3 Å². The van der Waals surface area contributed by atoms with E-state index in [0.717, 1.165) is 16.6 Å². The van der Waals surface area contributed by atoms with Crippen molar-refractivity contribution in [2.24, 2.45) is 0 Å². The fraction of sp³-hybridized carbons (Fsp3) is 0.435. The van der Waals surface area contributed by atoms with Gasteiger partial charge >= 0.3 is 0 Å². The number of anilines is 2. The average molecular weight is 456 g/mol. The van der Waals surface area contributed by atoms with E-state index in [4.69, 9.17) is 0 Å². The molecule has 0 radical (unpaired) electrons. The minimum atomic E-state index is -2.62. The molecule has 2 fully saturated rings. The van der Waals surface area contributed by atoms with Gasteiger partial charge in [-0.1, -0.05) is 12.1 Å². The molecule has 2 aliphatic rings. The van der Waals surface area contributed by atoms with E-state index in [1.807, 2.05) is 23.1 Å². The van der Waals surface area contributed by atoms with E-state index < -0.39 is 17.4 Å². The Labute approximate surface area is 189 Å². The third-order valence-electron chi connectivity index (χ3n) is 6.51.